The van der Waals surface area contributed by atoms with Crippen LogP contribution in [0.15, 0.2) is 47.8 Å². The van der Waals surface area contributed by atoms with E-state index in [4.69, 9.17) is 16.3 Å². The molecule has 1 aromatic carbocycles. The minimum absolute atomic E-state index is 0.0905. The van der Waals surface area contributed by atoms with Crippen molar-refractivity contribution in [3.05, 3.63) is 63.4 Å². The van der Waals surface area contributed by atoms with Gasteiger partial charge in [-0.25, -0.2) is 9.78 Å². The van der Waals surface area contributed by atoms with E-state index in [0.717, 1.165) is 18.2 Å². The molecule has 2 aromatic heterocycles. The monoisotopic (exact) mass is 400 g/mol. The molecule has 1 atom stereocenters. The van der Waals surface area contributed by atoms with Crippen molar-refractivity contribution in [1.82, 2.24) is 9.88 Å². The molecule has 5 nitrogen and oxygen atoms in total. The van der Waals surface area contributed by atoms with Gasteiger partial charge in [-0.3, -0.25) is 4.79 Å². The number of amides is 1. The number of pyridine rings is 1. The number of hydrogen-bond acceptors (Lipinski definition) is 5. The third-order valence-corrected chi connectivity index (χ3v) is 5.85. The number of halogens is 1. The van der Waals surface area contributed by atoms with Crippen LogP contribution in [0.2, 0.25) is 5.15 Å². The quantitative estimate of drug-likeness (QED) is 0.479. The number of benzene rings is 1. The Morgan fingerprint density at radius 3 is 2.96 bits per heavy atom. The summed E-state index contributed by atoms with van der Waals surface area (Å²) in [5, 5.41) is 3.20. The lowest BCUT2D eigenvalue weighted by Crippen LogP contribution is -2.34. The molecule has 7 heteroatoms. The maximum Gasteiger partial charge on any atom is 0.338 e. The zero-order valence-electron chi connectivity index (χ0n) is 14.4. The average Bonchev–Trinajstić information content (AvgIpc) is 3.36. The first-order valence-electron chi connectivity index (χ1n) is 8.68. The number of aromatic nitrogens is 1. The second-order valence-corrected chi connectivity index (χ2v) is 7.74. The van der Waals surface area contributed by atoms with Gasteiger partial charge in [-0.1, -0.05) is 17.7 Å². The molecule has 138 valence electrons. The molecule has 27 heavy (non-hydrogen) atoms. The third-order valence-electron chi connectivity index (χ3n) is 4.66. The highest BCUT2D eigenvalue weighted by molar-refractivity contribution is 7.10. The van der Waals surface area contributed by atoms with E-state index in [1.807, 2.05) is 22.4 Å². The van der Waals surface area contributed by atoms with E-state index in [9.17, 15) is 9.59 Å². The zero-order chi connectivity index (χ0) is 18.8. The number of thiophene rings is 1. The molecule has 0 radical (unpaired) electrons. The Kier molecular flexibility index (Phi) is 5.09. The van der Waals surface area contributed by atoms with Crippen molar-refractivity contribution in [3.8, 4) is 0 Å². The van der Waals surface area contributed by atoms with Crippen LogP contribution in [0.3, 0.4) is 0 Å². The highest BCUT2D eigenvalue weighted by Crippen LogP contribution is 2.34. The van der Waals surface area contributed by atoms with E-state index in [1.165, 1.54) is 4.88 Å². The second-order valence-electron chi connectivity index (χ2n) is 6.38. The Labute approximate surface area is 165 Å². The Morgan fingerprint density at radius 2 is 2.15 bits per heavy atom. The van der Waals surface area contributed by atoms with Crippen molar-refractivity contribution in [2.45, 2.75) is 18.9 Å². The molecule has 1 amide bonds. The van der Waals surface area contributed by atoms with Crippen LogP contribution >= 0.6 is 22.9 Å². The van der Waals surface area contributed by atoms with Crippen LogP contribution in [-0.2, 0) is 9.53 Å². The number of nitrogens with zero attached hydrogens (tertiary/aromatic N) is 2. The summed E-state index contributed by atoms with van der Waals surface area (Å²) in [5.74, 6) is -0.680. The van der Waals surface area contributed by atoms with Crippen LogP contribution in [0, 0.1) is 0 Å². The Hall–Kier alpha value is -2.44. The van der Waals surface area contributed by atoms with Gasteiger partial charge in [0.1, 0.15) is 5.15 Å². The molecule has 1 aliphatic rings. The molecule has 1 unspecified atom stereocenters. The maximum atomic E-state index is 12.6. The summed E-state index contributed by atoms with van der Waals surface area (Å²) in [7, 11) is 0. The van der Waals surface area contributed by atoms with Crippen LogP contribution in [0.1, 0.15) is 34.1 Å². The fourth-order valence-corrected chi connectivity index (χ4v) is 4.39. The lowest BCUT2D eigenvalue weighted by atomic mass is 10.1. The molecule has 0 saturated carbocycles. The fraction of sp³-hybridized carbons (Fsp3) is 0.250. The summed E-state index contributed by atoms with van der Waals surface area (Å²) in [5.41, 5.74) is 1.08. The van der Waals surface area contributed by atoms with Gasteiger partial charge in [0.15, 0.2) is 6.61 Å². The van der Waals surface area contributed by atoms with Gasteiger partial charge >= 0.3 is 5.97 Å². The summed E-state index contributed by atoms with van der Waals surface area (Å²) in [6, 6.07) is 12.6. The van der Waals surface area contributed by atoms with Crippen LogP contribution in [0.25, 0.3) is 10.9 Å². The second kappa shape index (κ2) is 7.66. The summed E-state index contributed by atoms with van der Waals surface area (Å²) in [4.78, 5) is 32.1. The Balaban J connectivity index is 1.41. The van der Waals surface area contributed by atoms with E-state index in [1.54, 1.807) is 41.7 Å². The Morgan fingerprint density at radius 1 is 1.26 bits per heavy atom. The molecule has 0 N–H and O–H groups in total. The average molecular weight is 401 g/mol. The van der Waals surface area contributed by atoms with Crippen LogP contribution in [0.4, 0.5) is 0 Å². The first kappa shape index (κ1) is 17.9. The molecule has 0 aliphatic carbocycles. The minimum atomic E-state index is -0.521. The number of esters is 1. The van der Waals surface area contributed by atoms with Crippen molar-refractivity contribution in [3.63, 3.8) is 0 Å². The SMILES string of the molecule is O=C(OCC(=O)N1CCCC1c1cccs1)c1ccc2nc(Cl)ccc2c1. The molecular formula is C20H17ClN2O3S. The number of likely N-dealkylation sites (tertiary alicyclic amines) is 1. The Bertz CT molecular complexity index is 990. The standard InChI is InChI=1S/C20H17ClN2O3S/c21-18-8-6-13-11-14(5-7-15(13)22-18)20(25)26-12-19(24)23-9-1-3-16(23)17-4-2-10-27-17/h2,4-8,10-11,16H,1,3,9,12H2. The van der Waals surface area contributed by atoms with Gasteiger partial charge in [-0.15, -0.1) is 11.3 Å². The van der Waals surface area contributed by atoms with Crippen molar-refractivity contribution in [1.29, 1.82) is 0 Å². The molecule has 1 aliphatic heterocycles. The largest absolute Gasteiger partial charge is 0.452 e. The van der Waals surface area contributed by atoms with Crippen molar-refractivity contribution >= 4 is 45.7 Å². The van der Waals surface area contributed by atoms with Gasteiger partial charge in [0.25, 0.3) is 5.91 Å². The van der Waals surface area contributed by atoms with Gasteiger partial charge in [-0.05, 0) is 54.6 Å². The molecule has 0 spiro atoms. The lowest BCUT2D eigenvalue weighted by molar-refractivity contribution is -0.135. The summed E-state index contributed by atoms with van der Waals surface area (Å²) < 4.78 is 5.27. The molecular weight excluding hydrogens is 384 g/mol. The van der Waals surface area contributed by atoms with E-state index in [0.29, 0.717) is 22.8 Å². The van der Waals surface area contributed by atoms with Crippen LogP contribution in [0.5, 0.6) is 0 Å². The van der Waals surface area contributed by atoms with Crippen LogP contribution in [-0.4, -0.2) is 34.9 Å². The molecule has 0 bridgehead atoms. The number of rotatable bonds is 4. The number of hydrogen-bond donors (Lipinski definition) is 0. The van der Waals surface area contributed by atoms with Crippen LogP contribution < -0.4 is 0 Å². The van der Waals surface area contributed by atoms with Crippen molar-refractivity contribution in [2.24, 2.45) is 0 Å². The van der Waals surface area contributed by atoms with Crippen molar-refractivity contribution < 1.29 is 14.3 Å². The van der Waals surface area contributed by atoms with Crippen molar-refractivity contribution in [2.75, 3.05) is 13.2 Å². The van der Waals surface area contributed by atoms with Gasteiger partial charge in [-0.2, -0.15) is 0 Å². The highest BCUT2D eigenvalue weighted by Gasteiger charge is 2.31. The first-order chi connectivity index (χ1) is 13.1. The van der Waals surface area contributed by atoms with E-state index in [-0.39, 0.29) is 18.6 Å². The van der Waals surface area contributed by atoms with E-state index < -0.39 is 5.97 Å². The topological polar surface area (TPSA) is 59.5 Å². The van der Waals surface area contributed by atoms with E-state index >= 15 is 0 Å². The predicted molar refractivity (Wildman–Crippen MR) is 105 cm³/mol. The smallest absolute Gasteiger partial charge is 0.338 e. The third kappa shape index (κ3) is 3.82. The number of fused-ring (bicyclic) bond motifs is 1. The summed E-state index contributed by atoms with van der Waals surface area (Å²) in [6.45, 7) is 0.443. The maximum absolute atomic E-state index is 12.6. The lowest BCUT2D eigenvalue weighted by Gasteiger charge is -2.23. The van der Waals surface area contributed by atoms with E-state index in [2.05, 4.69) is 4.98 Å². The molecule has 3 heterocycles. The van der Waals surface area contributed by atoms with Gasteiger partial charge in [0.2, 0.25) is 0 Å². The number of carbonyl (C=O) groups excluding carboxylic acids is 2. The van der Waals surface area contributed by atoms with Gasteiger partial charge in [0, 0.05) is 16.8 Å². The summed E-state index contributed by atoms with van der Waals surface area (Å²) >= 11 is 7.52. The summed E-state index contributed by atoms with van der Waals surface area (Å²) in [6.07, 6.45) is 1.91. The number of ether oxygens (including phenoxy) is 1. The molecule has 1 fully saturated rings. The molecule has 1 saturated heterocycles. The zero-order valence-corrected chi connectivity index (χ0v) is 16.0. The molecule has 4 rings (SSSR count). The van der Waals surface area contributed by atoms with Gasteiger partial charge in [0.05, 0.1) is 17.1 Å². The first-order valence-corrected chi connectivity index (χ1v) is 9.94. The molecule has 3 aromatic rings. The normalized spacial score (nSPS) is 16.6. The highest BCUT2D eigenvalue weighted by atomic mass is 35.5. The fourth-order valence-electron chi connectivity index (χ4n) is 3.36. The predicted octanol–water partition coefficient (Wildman–Crippen LogP) is 4.47. The minimum Gasteiger partial charge on any atom is -0.452 e. The number of carbonyl (C=O) groups is 2. The van der Waals surface area contributed by atoms with Gasteiger partial charge < -0.3 is 9.64 Å².